The molecule has 0 saturated carbocycles. The number of rotatable bonds is 4. The Kier molecular flexibility index (Phi) is 5.45. The van der Waals surface area contributed by atoms with Gasteiger partial charge < -0.3 is 18.6 Å². The van der Waals surface area contributed by atoms with Gasteiger partial charge in [-0.1, -0.05) is 43.3 Å². The SMILES string of the molecule is CCN1CCN(c2oc(-c3cccc4c(=O)c(C)c(-c5ccccc5)oc34)nc2C#N)CC1. The minimum Gasteiger partial charge on any atom is -0.455 e. The van der Waals surface area contributed by atoms with Crippen LogP contribution in [0.1, 0.15) is 18.2 Å². The molecular formula is C26H24N4O3. The number of hydrogen-bond donors (Lipinski definition) is 0. The maximum atomic E-state index is 13.2. The lowest BCUT2D eigenvalue weighted by Crippen LogP contribution is -2.46. The average Bonchev–Trinajstić information content (AvgIpc) is 3.30. The molecule has 0 spiro atoms. The van der Waals surface area contributed by atoms with Gasteiger partial charge in [0.1, 0.15) is 11.8 Å². The Balaban J connectivity index is 1.64. The van der Waals surface area contributed by atoms with Crippen LogP contribution in [0.2, 0.25) is 0 Å². The molecule has 2 aromatic carbocycles. The summed E-state index contributed by atoms with van der Waals surface area (Å²) >= 11 is 0. The largest absolute Gasteiger partial charge is 0.455 e. The zero-order valence-corrected chi connectivity index (χ0v) is 18.7. The maximum absolute atomic E-state index is 13.2. The van der Waals surface area contributed by atoms with Gasteiger partial charge in [0.25, 0.3) is 0 Å². The number of oxazole rings is 1. The predicted octanol–water partition coefficient (Wildman–Crippen LogP) is 4.44. The van der Waals surface area contributed by atoms with Gasteiger partial charge >= 0.3 is 0 Å². The molecule has 166 valence electrons. The fourth-order valence-electron chi connectivity index (χ4n) is 4.32. The van der Waals surface area contributed by atoms with Gasteiger partial charge in [0.2, 0.25) is 17.5 Å². The average molecular weight is 441 g/mol. The molecule has 0 N–H and O–H groups in total. The molecule has 33 heavy (non-hydrogen) atoms. The van der Waals surface area contributed by atoms with Gasteiger partial charge in [0.15, 0.2) is 11.0 Å². The van der Waals surface area contributed by atoms with Crippen LogP contribution < -0.4 is 10.3 Å². The van der Waals surface area contributed by atoms with Crippen molar-refractivity contribution in [2.45, 2.75) is 13.8 Å². The number of nitriles is 1. The highest BCUT2D eigenvalue weighted by Crippen LogP contribution is 2.35. The molecule has 1 fully saturated rings. The normalized spacial score (nSPS) is 14.5. The second-order valence-corrected chi connectivity index (χ2v) is 8.14. The highest BCUT2D eigenvalue weighted by atomic mass is 16.4. The number of piperazine rings is 1. The molecule has 1 aliphatic heterocycles. The molecule has 0 amide bonds. The first-order chi connectivity index (χ1) is 16.1. The summed E-state index contributed by atoms with van der Waals surface area (Å²) in [6.07, 6.45) is 0. The first kappa shape index (κ1) is 21.0. The number of anilines is 1. The van der Waals surface area contributed by atoms with Crippen molar-refractivity contribution in [1.29, 1.82) is 5.26 Å². The molecule has 0 atom stereocenters. The van der Waals surface area contributed by atoms with E-state index in [1.54, 1.807) is 25.1 Å². The molecule has 0 bridgehead atoms. The fraction of sp³-hybridized carbons (Fsp3) is 0.269. The van der Waals surface area contributed by atoms with Gasteiger partial charge in [-0.2, -0.15) is 10.2 Å². The summed E-state index contributed by atoms with van der Waals surface area (Å²) in [7, 11) is 0. The van der Waals surface area contributed by atoms with E-state index in [4.69, 9.17) is 8.83 Å². The van der Waals surface area contributed by atoms with Gasteiger partial charge in [-0.25, -0.2) is 0 Å². The maximum Gasteiger partial charge on any atom is 0.235 e. The molecule has 0 aliphatic carbocycles. The molecule has 7 nitrogen and oxygen atoms in total. The topological polar surface area (TPSA) is 86.5 Å². The molecule has 4 aromatic rings. The van der Waals surface area contributed by atoms with Crippen LogP contribution in [-0.2, 0) is 0 Å². The lowest BCUT2D eigenvalue weighted by atomic mass is 10.0. The predicted molar refractivity (Wildman–Crippen MR) is 127 cm³/mol. The summed E-state index contributed by atoms with van der Waals surface area (Å²) in [5.41, 5.74) is 2.47. The summed E-state index contributed by atoms with van der Waals surface area (Å²) in [4.78, 5) is 22.0. The summed E-state index contributed by atoms with van der Waals surface area (Å²) in [6, 6.07) is 17.0. The minimum absolute atomic E-state index is 0.0973. The Labute approximate surface area is 191 Å². The zero-order valence-electron chi connectivity index (χ0n) is 18.7. The van der Waals surface area contributed by atoms with Gasteiger partial charge in [0.05, 0.1) is 10.9 Å². The van der Waals surface area contributed by atoms with Crippen molar-refractivity contribution < 1.29 is 8.83 Å². The van der Waals surface area contributed by atoms with E-state index >= 15 is 0 Å². The molecule has 3 heterocycles. The van der Waals surface area contributed by atoms with Gasteiger partial charge in [0, 0.05) is 37.3 Å². The van der Waals surface area contributed by atoms with Crippen molar-refractivity contribution in [2.75, 3.05) is 37.6 Å². The number of para-hydroxylation sites is 1. The summed E-state index contributed by atoms with van der Waals surface area (Å²) in [5, 5.41) is 10.2. The third-order valence-corrected chi connectivity index (χ3v) is 6.23. The van der Waals surface area contributed by atoms with E-state index in [-0.39, 0.29) is 17.0 Å². The van der Waals surface area contributed by atoms with Crippen molar-refractivity contribution in [2.24, 2.45) is 0 Å². The number of aromatic nitrogens is 1. The number of fused-ring (bicyclic) bond motifs is 1. The van der Waals surface area contributed by atoms with Gasteiger partial charge in [-0.3, -0.25) is 4.79 Å². The fourth-order valence-corrected chi connectivity index (χ4v) is 4.32. The summed E-state index contributed by atoms with van der Waals surface area (Å²) in [5.74, 6) is 1.26. The lowest BCUT2D eigenvalue weighted by Gasteiger charge is -2.33. The number of likely N-dealkylation sites (N-methyl/N-ethyl adjacent to an activating group) is 1. The van der Waals surface area contributed by atoms with Crippen molar-refractivity contribution in [3.05, 3.63) is 70.0 Å². The second kappa shape index (κ2) is 8.57. The Bertz CT molecular complexity index is 1410. The van der Waals surface area contributed by atoms with E-state index in [9.17, 15) is 10.1 Å². The van der Waals surface area contributed by atoms with E-state index < -0.39 is 0 Å². The minimum atomic E-state index is -0.0973. The summed E-state index contributed by atoms with van der Waals surface area (Å²) < 4.78 is 12.4. The quantitative estimate of drug-likeness (QED) is 0.464. The van der Waals surface area contributed by atoms with Crippen LogP contribution >= 0.6 is 0 Å². The van der Waals surface area contributed by atoms with E-state index in [1.807, 2.05) is 30.3 Å². The van der Waals surface area contributed by atoms with Crippen molar-refractivity contribution in [1.82, 2.24) is 9.88 Å². The van der Waals surface area contributed by atoms with Crippen LogP contribution in [0.3, 0.4) is 0 Å². The highest BCUT2D eigenvalue weighted by molar-refractivity contribution is 5.91. The Hall–Kier alpha value is -3.89. The third-order valence-electron chi connectivity index (χ3n) is 6.23. The van der Waals surface area contributed by atoms with E-state index in [0.29, 0.717) is 33.7 Å². The molecule has 2 aromatic heterocycles. The molecule has 0 radical (unpaired) electrons. The molecule has 5 rings (SSSR count). The Morgan fingerprint density at radius 1 is 1.03 bits per heavy atom. The van der Waals surface area contributed by atoms with Crippen LogP contribution in [0.4, 0.5) is 5.88 Å². The van der Waals surface area contributed by atoms with E-state index in [1.165, 1.54) is 0 Å². The molecule has 0 unspecified atom stereocenters. The van der Waals surface area contributed by atoms with Crippen LogP contribution in [0.5, 0.6) is 0 Å². The van der Waals surface area contributed by atoms with Gasteiger partial charge in [-0.15, -0.1) is 0 Å². The standard InChI is InChI=1S/C26H24N4O3/c1-3-29-12-14-30(15-13-29)26-21(16-27)28-25(33-26)20-11-7-10-19-22(31)17(2)23(32-24(19)20)18-8-5-4-6-9-18/h4-11H,3,12-15H2,1-2H3. The molecule has 1 saturated heterocycles. The first-order valence-corrected chi connectivity index (χ1v) is 11.1. The molecule has 7 heteroatoms. The summed E-state index contributed by atoms with van der Waals surface area (Å²) in [6.45, 7) is 8.24. The van der Waals surface area contributed by atoms with E-state index in [2.05, 4.69) is 27.8 Å². The van der Waals surface area contributed by atoms with Crippen LogP contribution in [0, 0.1) is 18.3 Å². The first-order valence-electron chi connectivity index (χ1n) is 11.1. The monoisotopic (exact) mass is 440 g/mol. The van der Waals surface area contributed by atoms with E-state index in [0.717, 1.165) is 38.3 Å². The van der Waals surface area contributed by atoms with Crippen molar-refractivity contribution in [3.63, 3.8) is 0 Å². The van der Waals surface area contributed by atoms with Crippen molar-refractivity contribution >= 4 is 16.9 Å². The van der Waals surface area contributed by atoms with Crippen molar-refractivity contribution in [3.8, 4) is 28.8 Å². The van der Waals surface area contributed by atoms with Crippen LogP contribution in [0.25, 0.3) is 33.7 Å². The number of benzene rings is 2. The number of hydrogen-bond acceptors (Lipinski definition) is 7. The second-order valence-electron chi connectivity index (χ2n) is 8.14. The van der Waals surface area contributed by atoms with Gasteiger partial charge in [-0.05, 0) is 25.6 Å². The Morgan fingerprint density at radius 2 is 1.79 bits per heavy atom. The highest BCUT2D eigenvalue weighted by Gasteiger charge is 2.25. The smallest absolute Gasteiger partial charge is 0.235 e. The Morgan fingerprint density at radius 3 is 2.48 bits per heavy atom. The third kappa shape index (κ3) is 3.69. The lowest BCUT2D eigenvalue weighted by molar-refractivity contribution is 0.266. The van der Waals surface area contributed by atoms with Crippen LogP contribution in [-0.4, -0.2) is 42.6 Å². The molecule has 1 aliphatic rings. The zero-order chi connectivity index (χ0) is 22.9. The molecular weight excluding hydrogens is 416 g/mol. The van der Waals surface area contributed by atoms with Crippen LogP contribution in [0.15, 0.2) is 62.2 Å². The number of nitrogens with zero attached hydrogens (tertiary/aromatic N) is 4.